The first kappa shape index (κ1) is 20.0. The molecule has 1 aliphatic heterocycles. The van der Waals surface area contributed by atoms with Gasteiger partial charge in [0.2, 0.25) is 0 Å². The maximum Gasteiger partial charge on any atom is 0.310 e. The van der Waals surface area contributed by atoms with E-state index in [2.05, 4.69) is 52.5 Å². The number of hydrogen-bond acceptors (Lipinski definition) is 3. The SMILES string of the molecule is CN=C(NCC1(c2ccccc2)CC1)N1CC(C)C(C(=O)OC)C1.I. The van der Waals surface area contributed by atoms with Crippen LogP contribution in [0.3, 0.4) is 0 Å². The molecule has 1 heterocycles. The summed E-state index contributed by atoms with van der Waals surface area (Å²) >= 11 is 0. The average molecular weight is 457 g/mol. The number of rotatable bonds is 4. The Labute approximate surface area is 167 Å². The third kappa shape index (κ3) is 4.27. The van der Waals surface area contributed by atoms with Crippen molar-refractivity contribution in [2.24, 2.45) is 16.8 Å². The highest BCUT2D eigenvalue weighted by Crippen LogP contribution is 2.47. The summed E-state index contributed by atoms with van der Waals surface area (Å²) in [7, 11) is 3.27. The van der Waals surface area contributed by atoms with Crippen molar-refractivity contribution in [3.63, 3.8) is 0 Å². The van der Waals surface area contributed by atoms with E-state index in [1.165, 1.54) is 25.5 Å². The highest BCUT2D eigenvalue weighted by molar-refractivity contribution is 14.0. The summed E-state index contributed by atoms with van der Waals surface area (Å²) in [4.78, 5) is 18.5. The van der Waals surface area contributed by atoms with Crippen LogP contribution in [0.15, 0.2) is 35.3 Å². The third-order valence-electron chi connectivity index (χ3n) is 5.45. The fraction of sp³-hybridized carbons (Fsp3) is 0.579. The maximum atomic E-state index is 11.9. The highest BCUT2D eigenvalue weighted by atomic mass is 127. The zero-order valence-corrected chi connectivity index (χ0v) is 17.5. The first-order valence-electron chi connectivity index (χ1n) is 8.68. The van der Waals surface area contributed by atoms with Gasteiger partial charge in [-0.25, -0.2) is 0 Å². The van der Waals surface area contributed by atoms with E-state index < -0.39 is 0 Å². The highest BCUT2D eigenvalue weighted by Gasteiger charge is 2.44. The molecule has 2 atom stereocenters. The fourth-order valence-electron chi connectivity index (χ4n) is 3.69. The second kappa shape index (κ2) is 8.38. The second-order valence-corrected chi connectivity index (χ2v) is 7.06. The van der Waals surface area contributed by atoms with E-state index >= 15 is 0 Å². The van der Waals surface area contributed by atoms with Gasteiger partial charge in [-0.1, -0.05) is 37.3 Å². The molecule has 25 heavy (non-hydrogen) atoms. The van der Waals surface area contributed by atoms with Crippen molar-refractivity contribution in [3.05, 3.63) is 35.9 Å². The summed E-state index contributed by atoms with van der Waals surface area (Å²) < 4.78 is 4.92. The number of benzene rings is 1. The minimum absolute atomic E-state index is 0. The molecule has 0 spiro atoms. The van der Waals surface area contributed by atoms with Crippen molar-refractivity contribution in [3.8, 4) is 0 Å². The number of halogens is 1. The van der Waals surface area contributed by atoms with Crippen LogP contribution in [0.2, 0.25) is 0 Å². The molecule has 1 aromatic rings. The lowest BCUT2D eigenvalue weighted by molar-refractivity contribution is -0.145. The molecule has 1 aliphatic carbocycles. The first-order chi connectivity index (χ1) is 11.6. The third-order valence-corrected chi connectivity index (χ3v) is 5.45. The molecule has 0 bridgehead atoms. The van der Waals surface area contributed by atoms with Gasteiger partial charge in [-0.2, -0.15) is 0 Å². The van der Waals surface area contributed by atoms with Gasteiger partial charge in [-0.05, 0) is 24.3 Å². The molecule has 0 aromatic heterocycles. The van der Waals surface area contributed by atoms with E-state index in [-0.39, 0.29) is 47.2 Å². The van der Waals surface area contributed by atoms with Crippen molar-refractivity contribution in [2.45, 2.75) is 25.2 Å². The Kier molecular flexibility index (Phi) is 6.71. The number of methoxy groups -OCH3 is 1. The summed E-state index contributed by atoms with van der Waals surface area (Å²) in [5, 5.41) is 3.53. The van der Waals surface area contributed by atoms with Crippen LogP contribution in [-0.4, -0.2) is 50.6 Å². The van der Waals surface area contributed by atoms with Crippen LogP contribution in [0.1, 0.15) is 25.3 Å². The molecule has 1 aromatic carbocycles. The largest absolute Gasteiger partial charge is 0.469 e. The zero-order valence-electron chi connectivity index (χ0n) is 15.2. The summed E-state index contributed by atoms with van der Waals surface area (Å²) in [5.74, 6) is 0.969. The molecule has 2 aliphatic rings. The van der Waals surface area contributed by atoms with Crippen LogP contribution >= 0.6 is 24.0 Å². The number of esters is 1. The quantitative estimate of drug-likeness (QED) is 0.327. The summed E-state index contributed by atoms with van der Waals surface area (Å²) in [5.41, 5.74) is 1.64. The van der Waals surface area contributed by atoms with Gasteiger partial charge in [0.25, 0.3) is 0 Å². The molecule has 138 valence electrons. The molecular weight excluding hydrogens is 429 g/mol. The predicted octanol–water partition coefficient (Wildman–Crippen LogP) is 2.65. The van der Waals surface area contributed by atoms with Crippen molar-refractivity contribution in [2.75, 3.05) is 33.8 Å². The standard InChI is InChI=1S/C19H27N3O2.HI/c1-14-11-22(12-16(14)17(23)24-3)18(20-2)21-13-19(9-10-19)15-7-5-4-6-8-15;/h4-8,14,16H,9-13H2,1-3H3,(H,20,21);1H. The molecule has 1 saturated heterocycles. The van der Waals surface area contributed by atoms with Crippen molar-refractivity contribution in [1.82, 2.24) is 10.2 Å². The molecule has 1 saturated carbocycles. The molecule has 3 rings (SSSR count). The summed E-state index contributed by atoms with van der Waals surface area (Å²) in [6, 6.07) is 10.7. The van der Waals surface area contributed by atoms with E-state index in [4.69, 9.17) is 4.74 Å². The average Bonchev–Trinajstić information content (AvgIpc) is 3.31. The lowest BCUT2D eigenvalue weighted by Gasteiger charge is -2.24. The van der Waals surface area contributed by atoms with Crippen LogP contribution in [0.5, 0.6) is 0 Å². The molecule has 0 amide bonds. The van der Waals surface area contributed by atoms with Gasteiger partial charge in [0.1, 0.15) is 0 Å². The number of likely N-dealkylation sites (tertiary alicyclic amines) is 1. The van der Waals surface area contributed by atoms with Crippen molar-refractivity contribution >= 4 is 35.9 Å². The Morgan fingerprint density at radius 1 is 1.32 bits per heavy atom. The molecule has 2 unspecified atom stereocenters. The van der Waals surface area contributed by atoms with Gasteiger partial charge in [0.05, 0.1) is 13.0 Å². The number of ether oxygens (including phenoxy) is 1. The summed E-state index contributed by atoms with van der Waals surface area (Å²) in [6.07, 6.45) is 2.42. The molecule has 0 radical (unpaired) electrons. The zero-order chi connectivity index (χ0) is 17.2. The topological polar surface area (TPSA) is 53.9 Å². The predicted molar refractivity (Wildman–Crippen MR) is 110 cm³/mol. The second-order valence-electron chi connectivity index (χ2n) is 7.06. The van der Waals surface area contributed by atoms with E-state index in [9.17, 15) is 4.79 Å². The van der Waals surface area contributed by atoms with Gasteiger partial charge in [0.15, 0.2) is 5.96 Å². The summed E-state index contributed by atoms with van der Waals surface area (Å²) in [6.45, 7) is 4.49. The molecule has 6 heteroatoms. The minimum atomic E-state index is -0.122. The van der Waals surface area contributed by atoms with E-state index in [1.54, 1.807) is 7.05 Å². The Morgan fingerprint density at radius 3 is 2.56 bits per heavy atom. The van der Waals surface area contributed by atoms with Gasteiger partial charge >= 0.3 is 5.97 Å². The fourth-order valence-corrected chi connectivity index (χ4v) is 3.69. The van der Waals surface area contributed by atoms with Gasteiger partial charge < -0.3 is 15.0 Å². The lowest BCUT2D eigenvalue weighted by atomic mass is 9.96. The monoisotopic (exact) mass is 457 g/mol. The Morgan fingerprint density at radius 2 is 2.00 bits per heavy atom. The molecule has 1 N–H and O–H groups in total. The van der Waals surface area contributed by atoms with Crippen molar-refractivity contribution < 1.29 is 9.53 Å². The number of nitrogens with one attached hydrogen (secondary N) is 1. The Balaban J connectivity index is 0.00000225. The van der Waals surface area contributed by atoms with Gasteiger partial charge in [-0.15, -0.1) is 24.0 Å². The van der Waals surface area contributed by atoms with E-state index in [0.29, 0.717) is 6.54 Å². The number of guanidine groups is 1. The van der Waals surface area contributed by atoms with Crippen LogP contribution in [-0.2, 0) is 14.9 Å². The number of nitrogens with zero attached hydrogens (tertiary/aromatic N) is 2. The molecular formula is C19H28IN3O2. The number of carbonyl (C=O) groups is 1. The smallest absolute Gasteiger partial charge is 0.310 e. The van der Waals surface area contributed by atoms with Gasteiger partial charge in [0, 0.05) is 32.1 Å². The Hall–Kier alpha value is -1.31. The molecule has 5 nitrogen and oxygen atoms in total. The first-order valence-corrected chi connectivity index (χ1v) is 8.68. The van der Waals surface area contributed by atoms with E-state index in [0.717, 1.165) is 19.0 Å². The Bertz CT molecular complexity index is 616. The van der Waals surface area contributed by atoms with Gasteiger partial charge in [-0.3, -0.25) is 9.79 Å². The van der Waals surface area contributed by atoms with Crippen molar-refractivity contribution in [1.29, 1.82) is 0 Å². The lowest BCUT2D eigenvalue weighted by Crippen LogP contribution is -2.43. The van der Waals surface area contributed by atoms with Crippen LogP contribution in [0, 0.1) is 11.8 Å². The number of hydrogen-bond donors (Lipinski definition) is 1. The maximum absolute atomic E-state index is 11.9. The van der Waals surface area contributed by atoms with Crippen LogP contribution < -0.4 is 5.32 Å². The normalized spacial score (nSPS) is 24.4. The number of carbonyl (C=O) groups excluding carboxylic acids is 1. The minimum Gasteiger partial charge on any atom is -0.469 e. The molecule has 2 fully saturated rings. The van der Waals surface area contributed by atoms with E-state index in [1.807, 2.05) is 0 Å². The van der Waals surface area contributed by atoms with Crippen LogP contribution in [0.25, 0.3) is 0 Å². The number of aliphatic imine (C=N–C) groups is 1. The van der Waals surface area contributed by atoms with Crippen LogP contribution in [0.4, 0.5) is 0 Å².